The molecule has 19 heavy (non-hydrogen) atoms. The van der Waals surface area contributed by atoms with Gasteiger partial charge < -0.3 is 0 Å². The molecule has 0 saturated carbocycles. The normalized spacial score (nSPS) is 12.0. The van der Waals surface area contributed by atoms with Gasteiger partial charge in [-0.3, -0.25) is 0 Å². The topological polar surface area (TPSA) is 0 Å². The van der Waals surface area contributed by atoms with Crippen molar-refractivity contribution < 1.29 is 15.0 Å². The molecule has 0 fully saturated rings. The fraction of sp³-hybridized carbons (Fsp3) is 0.125. The Morgan fingerprint density at radius 1 is 0.895 bits per heavy atom. The third kappa shape index (κ3) is 4.71. The Bertz CT molecular complexity index is 550. The molecule has 0 saturated heterocycles. The van der Waals surface area contributed by atoms with Gasteiger partial charge in [0.1, 0.15) is 0 Å². The van der Waals surface area contributed by atoms with Crippen LogP contribution in [0.25, 0.3) is 6.08 Å². The summed E-state index contributed by atoms with van der Waals surface area (Å²) in [6.07, 6.45) is 4.53. The Morgan fingerprint density at radius 2 is 1.53 bits per heavy atom. The van der Waals surface area contributed by atoms with E-state index in [1.54, 1.807) is 0 Å². The Morgan fingerprint density at radius 3 is 2.21 bits per heavy atom. The molecule has 0 nitrogen and oxygen atoms in total. The number of hydrogen-bond donors (Lipinski definition) is 0. The van der Waals surface area contributed by atoms with Crippen molar-refractivity contribution in [3.05, 3.63) is 76.9 Å². The standard InChI is InChI=1S/C16H14.2BrH.Ti/c1-2-6-13(7-3-1)10-14-11-15-8-4-5-9-16(15)12-14;;;/h1-9,11H,10,12H2;2*1H;/q;;;+2/p-2. The van der Waals surface area contributed by atoms with Crippen molar-refractivity contribution in [1.82, 2.24) is 0 Å². The quantitative estimate of drug-likeness (QED) is 0.565. The Labute approximate surface area is 136 Å². The summed E-state index contributed by atoms with van der Waals surface area (Å²) in [4.78, 5) is 0. The Balaban J connectivity index is 0.000000408. The zero-order valence-electron chi connectivity index (χ0n) is 10.4. The minimum atomic E-state index is 0.125. The second kappa shape index (κ2) is 8.21. The second-order valence-corrected chi connectivity index (χ2v) is 12.3. The molecule has 0 radical (unpaired) electrons. The molecule has 0 unspecified atom stereocenters. The molecule has 0 atom stereocenters. The van der Waals surface area contributed by atoms with Crippen LogP contribution in [-0.2, 0) is 27.8 Å². The molecule has 0 aliphatic heterocycles. The van der Waals surface area contributed by atoms with Gasteiger partial charge in [-0.05, 0) is 29.5 Å². The minimum absolute atomic E-state index is 0.125. The molecule has 3 heteroatoms. The van der Waals surface area contributed by atoms with Gasteiger partial charge in [-0.1, -0.05) is 66.2 Å². The average molecular weight is 414 g/mol. The van der Waals surface area contributed by atoms with E-state index in [4.69, 9.17) is 0 Å². The van der Waals surface area contributed by atoms with E-state index in [0.717, 1.165) is 12.8 Å². The molecule has 1 aliphatic carbocycles. The zero-order valence-corrected chi connectivity index (χ0v) is 15.2. The first kappa shape index (κ1) is 15.2. The fourth-order valence-corrected chi connectivity index (χ4v) is 2.32. The van der Waals surface area contributed by atoms with Crippen LogP contribution in [0.3, 0.4) is 0 Å². The molecular formula is C16H14Br2Ti. The van der Waals surface area contributed by atoms with Gasteiger partial charge in [0, 0.05) is 0 Å². The van der Waals surface area contributed by atoms with Crippen LogP contribution in [0.2, 0.25) is 0 Å². The molecule has 3 rings (SSSR count). The SMILES string of the molecule is C1=C(Cc2ccccc2)Cc2ccccc21.[Br][Ti][Br]. The van der Waals surface area contributed by atoms with E-state index in [1.807, 2.05) is 0 Å². The number of fused-ring (bicyclic) bond motifs is 1. The molecule has 0 heterocycles. The van der Waals surface area contributed by atoms with Crippen LogP contribution in [0, 0.1) is 0 Å². The van der Waals surface area contributed by atoms with Crippen molar-refractivity contribution in [2.75, 3.05) is 0 Å². The first-order chi connectivity index (χ1) is 9.33. The number of halogens is 2. The van der Waals surface area contributed by atoms with Crippen molar-refractivity contribution in [1.29, 1.82) is 0 Å². The van der Waals surface area contributed by atoms with Crippen molar-refractivity contribution in [2.24, 2.45) is 0 Å². The molecule has 2 aromatic rings. The van der Waals surface area contributed by atoms with Gasteiger partial charge >= 0.3 is 41.3 Å². The summed E-state index contributed by atoms with van der Waals surface area (Å²) < 4.78 is 0. The van der Waals surface area contributed by atoms with Crippen LogP contribution in [0.4, 0.5) is 0 Å². The molecule has 0 bridgehead atoms. The van der Waals surface area contributed by atoms with E-state index in [1.165, 1.54) is 22.3 Å². The zero-order chi connectivity index (χ0) is 13.5. The van der Waals surface area contributed by atoms with E-state index in [2.05, 4.69) is 87.0 Å². The van der Waals surface area contributed by atoms with Crippen molar-refractivity contribution in [2.45, 2.75) is 12.8 Å². The van der Waals surface area contributed by atoms with Crippen LogP contribution in [0.15, 0.2) is 60.2 Å². The van der Waals surface area contributed by atoms with E-state index >= 15 is 0 Å². The van der Waals surface area contributed by atoms with Crippen LogP contribution >= 0.6 is 26.3 Å². The summed E-state index contributed by atoms with van der Waals surface area (Å²) >= 11 is 6.50. The van der Waals surface area contributed by atoms with Gasteiger partial charge in [0.2, 0.25) is 0 Å². The van der Waals surface area contributed by atoms with E-state index < -0.39 is 0 Å². The van der Waals surface area contributed by atoms with Crippen LogP contribution in [-0.4, -0.2) is 0 Å². The Kier molecular flexibility index (Phi) is 6.59. The third-order valence-electron chi connectivity index (χ3n) is 3.11. The van der Waals surface area contributed by atoms with Gasteiger partial charge in [-0.2, -0.15) is 0 Å². The summed E-state index contributed by atoms with van der Waals surface area (Å²) in [5.74, 6) is 0. The number of allylic oxidation sites excluding steroid dienone is 1. The second-order valence-electron chi connectivity index (χ2n) is 4.41. The van der Waals surface area contributed by atoms with Crippen LogP contribution in [0.1, 0.15) is 16.7 Å². The number of rotatable bonds is 2. The van der Waals surface area contributed by atoms with E-state index in [0.29, 0.717) is 0 Å². The Hall–Kier alpha value is -0.146. The molecule has 0 spiro atoms. The molecule has 96 valence electrons. The van der Waals surface area contributed by atoms with Gasteiger partial charge in [0.15, 0.2) is 0 Å². The summed E-state index contributed by atoms with van der Waals surface area (Å²) in [5, 5.41) is 0. The van der Waals surface area contributed by atoms with Crippen molar-refractivity contribution in [3.63, 3.8) is 0 Å². The summed E-state index contributed by atoms with van der Waals surface area (Å²) in [5.41, 5.74) is 5.79. The number of benzene rings is 2. The van der Waals surface area contributed by atoms with Crippen molar-refractivity contribution in [3.8, 4) is 0 Å². The molecule has 2 aromatic carbocycles. The fourth-order valence-electron chi connectivity index (χ4n) is 2.32. The average Bonchev–Trinajstić information content (AvgIpc) is 2.83. The summed E-state index contributed by atoms with van der Waals surface area (Å²) in [6, 6.07) is 19.3. The predicted molar refractivity (Wildman–Crippen MR) is 86.1 cm³/mol. The maximum atomic E-state index is 3.19. The first-order valence-electron chi connectivity index (χ1n) is 6.11. The molecule has 0 N–H and O–H groups in total. The monoisotopic (exact) mass is 412 g/mol. The predicted octanol–water partition coefficient (Wildman–Crippen LogP) is 5.56. The molecule has 1 aliphatic rings. The first-order valence-corrected chi connectivity index (χ1v) is 13.8. The maximum absolute atomic E-state index is 3.19. The van der Waals surface area contributed by atoms with Crippen LogP contribution in [0.5, 0.6) is 0 Å². The van der Waals surface area contributed by atoms with Gasteiger partial charge in [-0.25, -0.2) is 0 Å². The van der Waals surface area contributed by atoms with Gasteiger partial charge in [-0.15, -0.1) is 0 Å². The summed E-state index contributed by atoms with van der Waals surface area (Å²) in [7, 11) is 0. The third-order valence-corrected chi connectivity index (χ3v) is 3.11. The molecule has 0 amide bonds. The number of hydrogen-bond acceptors (Lipinski definition) is 0. The van der Waals surface area contributed by atoms with E-state index in [9.17, 15) is 0 Å². The molecule has 0 aromatic heterocycles. The van der Waals surface area contributed by atoms with Gasteiger partial charge in [0.05, 0.1) is 0 Å². The van der Waals surface area contributed by atoms with Crippen molar-refractivity contribution >= 4 is 32.4 Å². The van der Waals surface area contributed by atoms with E-state index in [-0.39, 0.29) is 15.0 Å². The molecular weight excluding hydrogens is 400 g/mol. The van der Waals surface area contributed by atoms with Crippen LogP contribution < -0.4 is 0 Å². The van der Waals surface area contributed by atoms with Gasteiger partial charge in [0.25, 0.3) is 0 Å². The summed E-state index contributed by atoms with van der Waals surface area (Å²) in [6.45, 7) is 0.